The first-order valence-electron chi connectivity index (χ1n) is 7.75. The first-order chi connectivity index (χ1) is 8.67. The summed E-state index contributed by atoms with van der Waals surface area (Å²) in [6.45, 7) is 12.7. The molecule has 0 aliphatic carbocycles. The van der Waals surface area contributed by atoms with Crippen LogP contribution in [0.1, 0.15) is 40.0 Å². The molecule has 106 valence electrons. The molecule has 0 spiro atoms. The Morgan fingerprint density at radius 1 is 1.11 bits per heavy atom. The smallest absolute Gasteiger partial charge is 0.0707 e. The van der Waals surface area contributed by atoms with Crippen LogP contribution in [0.2, 0.25) is 0 Å². The van der Waals surface area contributed by atoms with E-state index in [1.807, 2.05) is 0 Å². The third-order valence-corrected chi connectivity index (χ3v) is 4.22. The van der Waals surface area contributed by atoms with Gasteiger partial charge in [-0.3, -0.25) is 0 Å². The number of hydrogen-bond donors (Lipinski definition) is 1. The van der Waals surface area contributed by atoms with Gasteiger partial charge in [0.1, 0.15) is 0 Å². The van der Waals surface area contributed by atoms with Crippen molar-refractivity contribution in [3.05, 3.63) is 0 Å². The molecule has 3 nitrogen and oxygen atoms in total. The van der Waals surface area contributed by atoms with E-state index in [1.54, 1.807) is 0 Å². The first-order valence-corrected chi connectivity index (χ1v) is 7.75. The lowest BCUT2D eigenvalue weighted by atomic mass is 9.91. The highest BCUT2D eigenvalue weighted by molar-refractivity contribution is 4.81. The Hall–Kier alpha value is -0.120. The molecule has 0 radical (unpaired) electrons. The molecule has 2 aliphatic heterocycles. The molecule has 0 saturated carbocycles. The van der Waals surface area contributed by atoms with Gasteiger partial charge in [0.15, 0.2) is 0 Å². The second-order valence-corrected chi connectivity index (χ2v) is 6.43. The van der Waals surface area contributed by atoms with Gasteiger partial charge in [0.05, 0.1) is 12.2 Å². The molecule has 3 heteroatoms. The van der Waals surface area contributed by atoms with Gasteiger partial charge in [-0.05, 0) is 37.6 Å². The zero-order valence-electron chi connectivity index (χ0n) is 12.3. The molecular weight excluding hydrogens is 224 g/mol. The Morgan fingerprint density at radius 3 is 2.44 bits per heavy atom. The van der Waals surface area contributed by atoms with Gasteiger partial charge in [-0.15, -0.1) is 0 Å². The summed E-state index contributed by atoms with van der Waals surface area (Å²) in [5.41, 5.74) is 0. The minimum Gasteiger partial charge on any atom is -0.372 e. The van der Waals surface area contributed by atoms with Crippen molar-refractivity contribution < 1.29 is 4.74 Å². The van der Waals surface area contributed by atoms with Crippen molar-refractivity contribution in [3.8, 4) is 0 Å². The number of piperidine rings is 1. The molecule has 1 N–H and O–H groups in total. The number of nitrogens with one attached hydrogen (secondary N) is 1. The maximum Gasteiger partial charge on any atom is 0.0707 e. The van der Waals surface area contributed by atoms with Gasteiger partial charge in [-0.2, -0.15) is 0 Å². The van der Waals surface area contributed by atoms with Crippen LogP contribution in [0, 0.1) is 11.8 Å². The largest absolute Gasteiger partial charge is 0.372 e. The van der Waals surface area contributed by atoms with Crippen LogP contribution in [0.3, 0.4) is 0 Å². The van der Waals surface area contributed by atoms with Crippen LogP contribution in [0.15, 0.2) is 0 Å². The normalized spacial score (nSPS) is 38.2. The summed E-state index contributed by atoms with van der Waals surface area (Å²) in [6.07, 6.45) is 4.80. The zero-order chi connectivity index (χ0) is 13.0. The number of hydrogen-bond acceptors (Lipinski definition) is 3. The Labute approximate surface area is 112 Å². The van der Waals surface area contributed by atoms with Gasteiger partial charge in [0.25, 0.3) is 0 Å². The average molecular weight is 254 g/mol. The lowest BCUT2D eigenvalue weighted by Crippen LogP contribution is -2.42. The average Bonchev–Trinajstić information content (AvgIpc) is 2.72. The highest BCUT2D eigenvalue weighted by atomic mass is 16.5. The second kappa shape index (κ2) is 6.88. The van der Waals surface area contributed by atoms with E-state index < -0.39 is 0 Å². The van der Waals surface area contributed by atoms with E-state index in [9.17, 15) is 0 Å². The fraction of sp³-hybridized carbons (Fsp3) is 1.00. The molecule has 0 aromatic heterocycles. The van der Waals surface area contributed by atoms with Crippen molar-refractivity contribution in [1.82, 2.24) is 10.2 Å². The van der Waals surface area contributed by atoms with E-state index in [1.165, 1.54) is 32.4 Å². The van der Waals surface area contributed by atoms with E-state index in [0.29, 0.717) is 12.2 Å². The molecule has 2 fully saturated rings. The Balaban J connectivity index is 1.70. The Morgan fingerprint density at radius 2 is 1.78 bits per heavy atom. The molecule has 0 aromatic carbocycles. The van der Waals surface area contributed by atoms with Gasteiger partial charge in [-0.1, -0.05) is 20.8 Å². The lowest BCUT2D eigenvalue weighted by Gasteiger charge is -2.36. The fourth-order valence-corrected chi connectivity index (χ4v) is 3.60. The van der Waals surface area contributed by atoms with Crippen molar-refractivity contribution in [2.45, 2.75) is 52.2 Å². The van der Waals surface area contributed by atoms with Crippen LogP contribution in [0.5, 0.6) is 0 Å². The maximum absolute atomic E-state index is 6.13. The first kappa shape index (κ1) is 14.3. The highest BCUT2D eigenvalue weighted by Crippen LogP contribution is 2.25. The summed E-state index contributed by atoms with van der Waals surface area (Å²) in [7, 11) is 0. The molecule has 2 aliphatic rings. The van der Waals surface area contributed by atoms with Crippen molar-refractivity contribution in [2.75, 3.05) is 32.7 Å². The van der Waals surface area contributed by atoms with Crippen molar-refractivity contribution in [2.24, 2.45) is 11.8 Å². The third kappa shape index (κ3) is 4.22. The third-order valence-electron chi connectivity index (χ3n) is 4.22. The van der Waals surface area contributed by atoms with E-state index >= 15 is 0 Å². The van der Waals surface area contributed by atoms with Gasteiger partial charge in [0, 0.05) is 26.2 Å². The maximum atomic E-state index is 6.13. The van der Waals surface area contributed by atoms with E-state index in [0.717, 1.165) is 31.5 Å². The van der Waals surface area contributed by atoms with Crippen LogP contribution < -0.4 is 5.32 Å². The molecule has 2 heterocycles. The molecule has 2 rings (SSSR count). The fourth-order valence-electron chi connectivity index (χ4n) is 3.60. The monoisotopic (exact) mass is 254 g/mol. The number of ether oxygens (including phenoxy) is 1. The van der Waals surface area contributed by atoms with Crippen molar-refractivity contribution in [3.63, 3.8) is 0 Å². The SMILES string of the molecule is CCNCC1CCC(CN2CC(C)CC(C)C2)O1. The Kier molecular flexibility index (Phi) is 5.46. The predicted molar refractivity (Wildman–Crippen MR) is 75.8 cm³/mol. The van der Waals surface area contributed by atoms with E-state index in [-0.39, 0.29) is 0 Å². The van der Waals surface area contributed by atoms with Crippen LogP contribution in [0.25, 0.3) is 0 Å². The second-order valence-electron chi connectivity index (χ2n) is 6.43. The van der Waals surface area contributed by atoms with E-state index in [2.05, 4.69) is 31.0 Å². The van der Waals surface area contributed by atoms with Crippen molar-refractivity contribution >= 4 is 0 Å². The number of nitrogens with zero attached hydrogens (tertiary/aromatic N) is 1. The summed E-state index contributed by atoms with van der Waals surface area (Å²) in [5, 5.41) is 3.39. The van der Waals surface area contributed by atoms with Crippen LogP contribution >= 0.6 is 0 Å². The number of likely N-dealkylation sites (tertiary alicyclic amines) is 1. The molecule has 0 bridgehead atoms. The minimum absolute atomic E-state index is 0.453. The Bertz CT molecular complexity index is 237. The lowest BCUT2D eigenvalue weighted by molar-refractivity contribution is 0.0103. The molecule has 0 aromatic rings. The topological polar surface area (TPSA) is 24.5 Å². The molecule has 4 atom stereocenters. The summed E-state index contributed by atoms with van der Waals surface area (Å²) < 4.78 is 6.13. The van der Waals surface area contributed by atoms with Crippen molar-refractivity contribution in [1.29, 1.82) is 0 Å². The van der Waals surface area contributed by atoms with E-state index in [4.69, 9.17) is 4.74 Å². The summed E-state index contributed by atoms with van der Waals surface area (Å²) in [6, 6.07) is 0. The number of rotatable bonds is 5. The molecule has 0 amide bonds. The molecule has 4 unspecified atom stereocenters. The highest BCUT2D eigenvalue weighted by Gasteiger charge is 2.29. The predicted octanol–water partition coefficient (Wildman–Crippen LogP) is 2.12. The van der Waals surface area contributed by atoms with Crippen LogP contribution in [0.4, 0.5) is 0 Å². The van der Waals surface area contributed by atoms with Gasteiger partial charge in [0.2, 0.25) is 0 Å². The standard InChI is InChI=1S/C15H30N2O/c1-4-16-8-14-5-6-15(18-14)11-17-9-12(2)7-13(3)10-17/h12-16H,4-11H2,1-3H3. The summed E-state index contributed by atoms with van der Waals surface area (Å²) in [4.78, 5) is 2.62. The van der Waals surface area contributed by atoms with Crippen LogP contribution in [-0.2, 0) is 4.74 Å². The molecule has 2 saturated heterocycles. The quantitative estimate of drug-likeness (QED) is 0.813. The zero-order valence-corrected chi connectivity index (χ0v) is 12.3. The van der Waals surface area contributed by atoms with Gasteiger partial charge < -0.3 is 15.0 Å². The number of likely N-dealkylation sites (N-methyl/N-ethyl adjacent to an activating group) is 1. The van der Waals surface area contributed by atoms with Crippen LogP contribution in [-0.4, -0.2) is 49.8 Å². The summed E-state index contributed by atoms with van der Waals surface area (Å²) in [5.74, 6) is 1.71. The van der Waals surface area contributed by atoms with Gasteiger partial charge >= 0.3 is 0 Å². The van der Waals surface area contributed by atoms with Gasteiger partial charge in [-0.25, -0.2) is 0 Å². The summed E-state index contributed by atoms with van der Waals surface area (Å²) >= 11 is 0. The molecule has 18 heavy (non-hydrogen) atoms. The molecular formula is C15H30N2O. The minimum atomic E-state index is 0.453.